The van der Waals surface area contributed by atoms with E-state index >= 15 is 0 Å². The van der Waals surface area contributed by atoms with Crippen LogP contribution in [0.2, 0.25) is 0 Å². The molecule has 0 amide bonds. The molecule has 1 rings (SSSR count). The summed E-state index contributed by atoms with van der Waals surface area (Å²) in [6.45, 7) is 5.63. The van der Waals surface area contributed by atoms with Crippen molar-refractivity contribution >= 4 is 17.8 Å². The molecule has 1 aromatic rings. The lowest BCUT2D eigenvalue weighted by molar-refractivity contribution is -0.384. The Morgan fingerprint density at radius 1 is 1.21 bits per heavy atom. The number of nitro groups is 1. The molecule has 1 aromatic carbocycles. The van der Waals surface area contributed by atoms with Crippen molar-refractivity contribution in [3.63, 3.8) is 0 Å². The number of nitrogens with one attached hydrogen (secondary N) is 1. The zero-order valence-electron chi connectivity index (χ0n) is 14.9. The second-order valence-corrected chi connectivity index (χ2v) is 5.57. The maximum Gasteiger partial charge on any atom is 0.270 e. The Balaban J connectivity index is 3.02. The molecule has 0 aliphatic heterocycles. The molecule has 0 aromatic heterocycles. The number of rotatable bonds is 11. The van der Waals surface area contributed by atoms with Crippen LogP contribution in [0, 0.1) is 10.1 Å². The van der Waals surface area contributed by atoms with Crippen molar-refractivity contribution in [2.45, 2.75) is 39.5 Å². The Morgan fingerprint density at radius 2 is 1.92 bits per heavy atom. The molecule has 5 heteroatoms. The molecule has 132 valence electrons. The van der Waals surface area contributed by atoms with Crippen molar-refractivity contribution in [2.75, 3.05) is 20.3 Å². The average Bonchev–Trinajstić information content (AvgIpc) is 2.57. The van der Waals surface area contributed by atoms with Gasteiger partial charge in [0.1, 0.15) is 0 Å². The van der Waals surface area contributed by atoms with Gasteiger partial charge >= 0.3 is 0 Å². The lowest BCUT2D eigenvalue weighted by Gasteiger charge is -2.09. The molecule has 0 spiro atoms. The molecule has 0 saturated heterocycles. The van der Waals surface area contributed by atoms with Crippen molar-refractivity contribution < 1.29 is 9.66 Å². The number of unbranched alkanes of at least 4 members (excludes halogenated alkanes) is 2. The van der Waals surface area contributed by atoms with Crippen molar-refractivity contribution in [1.29, 1.82) is 0 Å². The third-order valence-corrected chi connectivity index (χ3v) is 3.73. The predicted molar refractivity (Wildman–Crippen MR) is 99.9 cm³/mol. The first-order valence-corrected chi connectivity index (χ1v) is 8.50. The number of methoxy groups -OCH3 is 1. The van der Waals surface area contributed by atoms with E-state index in [4.69, 9.17) is 4.74 Å². The normalized spacial score (nSPS) is 11.5. The minimum atomic E-state index is -0.348. The summed E-state index contributed by atoms with van der Waals surface area (Å²) < 4.78 is 5.01. The summed E-state index contributed by atoms with van der Waals surface area (Å²) in [6, 6.07) is 3.26. The zero-order valence-corrected chi connectivity index (χ0v) is 14.9. The van der Waals surface area contributed by atoms with Gasteiger partial charge < -0.3 is 10.1 Å². The van der Waals surface area contributed by atoms with Crippen LogP contribution >= 0.6 is 0 Å². The van der Waals surface area contributed by atoms with Crippen LogP contribution in [-0.2, 0) is 11.2 Å². The highest BCUT2D eigenvalue weighted by molar-refractivity contribution is 5.67. The summed E-state index contributed by atoms with van der Waals surface area (Å²) in [5.41, 5.74) is 2.95. The van der Waals surface area contributed by atoms with Gasteiger partial charge in [0.25, 0.3) is 5.69 Å². The van der Waals surface area contributed by atoms with Crippen molar-refractivity contribution in [1.82, 2.24) is 5.32 Å². The van der Waals surface area contributed by atoms with E-state index in [0.29, 0.717) is 6.61 Å². The Kier molecular flexibility index (Phi) is 9.46. The maximum absolute atomic E-state index is 11.2. The molecule has 0 bridgehead atoms. The molecule has 24 heavy (non-hydrogen) atoms. The summed E-state index contributed by atoms with van der Waals surface area (Å²) in [7, 11) is 1.62. The first-order valence-electron chi connectivity index (χ1n) is 8.50. The Morgan fingerprint density at radius 3 is 2.50 bits per heavy atom. The summed E-state index contributed by atoms with van der Waals surface area (Å²) in [4.78, 5) is 10.9. The van der Waals surface area contributed by atoms with Gasteiger partial charge in [0, 0.05) is 25.8 Å². The number of nitrogens with zero attached hydrogens (tertiary/aromatic N) is 1. The second-order valence-electron chi connectivity index (χ2n) is 5.57. The zero-order chi connectivity index (χ0) is 17.8. The van der Waals surface area contributed by atoms with Crippen LogP contribution < -0.4 is 5.32 Å². The largest absolute Gasteiger partial charge is 0.391 e. The molecule has 5 nitrogen and oxygen atoms in total. The van der Waals surface area contributed by atoms with Gasteiger partial charge in [0.05, 0.1) is 11.5 Å². The van der Waals surface area contributed by atoms with E-state index in [1.807, 2.05) is 24.4 Å². The van der Waals surface area contributed by atoms with Crippen molar-refractivity contribution in [3.8, 4) is 0 Å². The molecular formula is C19H28N2O3. The summed E-state index contributed by atoms with van der Waals surface area (Å²) in [6.07, 6.45) is 11.9. The highest BCUT2D eigenvalue weighted by Crippen LogP contribution is 2.25. The Hall–Kier alpha value is -2.14. The van der Waals surface area contributed by atoms with Crippen molar-refractivity contribution in [2.24, 2.45) is 0 Å². The van der Waals surface area contributed by atoms with Crippen LogP contribution in [0.15, 0.2) is 24.4 Å². The van der Waals surface area contributed by atoms with Crippen LogP contribution in [-0.4, -0.2) is 25.2 Å². The van der Waals surface area contributed by atoms with Gasteiger partial charge in [-0.1, -0.05) is 38.8 Å². The van der Waals surface area contributed by atoms with E-state index in [1.54, 1.807) is 19.2 Å². The summed E-state index contributed by atoms with van der Waals surface area (Å²) in [5.74, 6) is 0. The molecule has 0 aliphatic rings. The number of nitro benzene ring substituents is 1. The third kappa shape index (κ3) is 6.54. The van der Waals surface area contributed by atoms with Gasteiger partial charge in [0.15, 0.2) is 0 Å². The monoisotopic (exact) mass is 332 g/mol. The van der Waals surface area contributed by atoms with Crippen molar-refractivity contribution in [3.05, 3.63) is 51.2 Å². The van der Waals surface area contributed by atoms with Gasteiger partial charge in [-0.15, -0.1) is 0 Å². The minimum absolute atomic E-state index is 0.106. The number of hydrogen-bond acceptors (Lipinski definition) is 4. The molecule has 0 unspecified atom stereocenters. The Bertz CT molecular complexity index is 580. The fourth-order valence-corrected chi connectivity index (χ4v) is 2.49. The number of hydrogen-bond donors (Lipinski definition) is 1. The van der Waals surface area contributed by atoms with Crippen LogP contribution in [0.3, 0.4) is 0 Å². The Labute approximate surface area is 144 Å². The summed E-state index contributed by atoms with van der Waals surface area (Å²) >= 11 is 0. The first-order chi connectivity index (χ1) is 11.6. The molecule has 0 fully saturated rings. The van der Waals surface area contributed by atoms with Gasteiger partial charge in [-0.05, 0) is 41.8 Å². The smallest absolute Gasteiger partial charge is 0.270 e. The van der Waals surface area contributed by atoms with E-state index in [9.17, 15) is 10.1 Å². The first kappa shape index (κ1) is 19.9. The lowest BCUT2D eigenvalue weighted by Crippen LogP contribution is -2.06. The molecule has 0 saturated carbocycles. The minimum Gasteiger partial charge on any atom is -0.391 e. The quantitative estimate of drug-likeness (QED) is 0.366. The van der Waals surface area contributed by atoms with E-state index < -0.39 is 0 Å². The average molecular weight is 332 g/mol. The molecule has 0 radical (unpaired) electrons. The highest BCUT2D eigenvalue weighted by atomic mass is 16.6. The second kappa shape index (κ2) is 11.4. The SMILES string of the molecule is CCCCCN/C=C\c1cc([N+](=O)[O-])cc(/C=C/COC)c1CC. The molecule has 0 heterocycles. The van der Waals surface area contributed by atoms with Gasteiger partial charge in [-0.3, -0.25) is 10.1 Å². The maximum atomic E-state index is 11.2. The van der Waals surface area contributed by atoms with E-state index in [-0.39, 0.29) is 10.6 Å². The van der Waals surface area contributed by atoms with Crippen LogP contribution in [0.25, 0.3) is 12.2 Å². The van der Waals surface area contributed by atoms with Crippen LogP contribution in [0.1, 0.15) is 49.8 Å². The van der Waals surface area contributed by atoms with Gasteiger partial charge in [-0.2, -0.15) is 0 Å². The standard InChI is InChI=1S/C19H28N2O3/c1-4-6-7-11-20-12-10-17-15-18(21(22)23)14-16(19(17)5-2)9-8-13-24-3/h8-10,12,14-15,20H,4-7,11,13H2,1-3H3/b9-8+,12-10-. The van der Waals surface area contributed by atoms with Gasteiger partial charge in [0.2, 0.25) is 0 Å². The third-order valence-electron chi connectivity index (χ3n) is 3.73. The highest BCUT2D eigenvalue weighted by Gasteiger charge is 2.12. The van der Waals surface area contributed by atoms with Gasteiger partial charge in [-0.25, -0.2) is 0 Å². The predicted octanol–water partition coefficient (Wildman–Crippen LogP) is 4.57. The van der Waals surface area contributed by atoms with E-state index in [0.717, 1.165) is 36.1 Å². The lowest BCUT2D eigenvalue weighted by atomic mass is 9.97. The number of benzene rings is 1. The van der Waals surface area contributed by atoms with Crippen LogP contribution in [0.4, 0.5) is 5.69 Å². The van der Waals surface area contributed by atoms with E-state index in [1.165, 1.54) is 12.8 Å². The topological polar surface area (TPSA) is 64.4 Å². The fraction of sp³-hybridized carbons (Fsp3) is 0.474. The molecular weight excluding hydrogens is 304 g/mol. The molecule has 0 aliphatic carbocycles. The number of non-ortho nitro benzene ring substituents is 1. The molecule has 1 N–H and O–H groups in total. The number of ether oxygens (including phenoxy) is 1. The fourth-order valence-electron chi connectivity index (χ4n) is 2.49. The molecule has 0 atom stereocenters. The van der Waals surface area contributed by atoms with Crippen LogP contribution in [0.5, 0.6) is 0 Å². The van der Waals surface area contributed by atoms with E-state index in [2.05, 4.69) is 19.2 Å². The summed E-state index contributed by atoms with van der Waals surface area (Å²) in [5, 5.41) is 14.5.